The van der Waals surface area contributed by atoms with E-state index in [0.29, 0.717) is 24.8 Å². The molecule has 0 radical (unpaired) electrons. The molecule has 3 unspecified atom stereocenters. The largest absolute Gasteiger partial charge is 0.316 e. The minimum atomic E-state index is -3.20. The summed E-state index contributed by atoms with van der Waals surface area (Å²) in [6.07, 6.45) is 3.10. The molecule has 5 nitrogen and oxygen atoms in total. The number of aromatic nitrogens is 1. The first-order valence-electron chi connectivity index (χ1n) is 7.72. The van der Waals surface area contributed by atoms with Crippen molar-refractivity contribution in [3.8, 4) is 0 Å². The number of hydrogen-bond acceptors (Lipinski definition) is 4. The van der Waals surface area contributed by atoms with Crippen LogP contribution in [0, 0.1) is 11.8 Å². The van der Waals surface area contributed by atoms with Crippen LogP contribution in [0.1, 0.15) is 19.0 Å². The van der Waals surface area contributed by atoms with Crippen LogP contribution in [0.4, 0.5) is 0 Å². The fraction of sp³-hybridized carbons (Fsp3) is 0.667. The Hall–Kier alpha value is -0.980. The molecule has 1 aromatic heterocycles. The van der Waals surface area contributed by atoms with Gasteiger partial charge in [0.1, 0.15) is 0 Å². The lowest BCUT2D eigenvalue weighted by molar-refractivity contribution is 0.329. The van der Waals surface area contributed by atoms with Gasteiger partial charge in [-0.3, -0.25) is 4.98 Å². The van der Waals surface area contributed by atoms with Gasteiger partial charge in [0, 0.05) is 30.9 Å². The van der Waals surface area contributed by atoms with Gasteiger partial charge in [-0.15, -0.1) is 0 Å². The van der Waals surface area contributed by atoms with Crippen LogP contribution in [0.15, 0.2) is 24.4 Å². The molecule has 6 heteroatoms. The molecule has 1 N–H and O–H groups in total. The van der Waals surface area contributed by atoms with Crippen molar-refractivity contribution in [2.75, 3.05) is 25.4 Å². The Morgan fingerprint density at radius 3 is 2.95 bits per heavy atom. The van der Waals surface area contributed by atoms with E-state index in [9.17, 15) is 8.42 Å². The molecule has 116 valence electrons. The second-order valence-electron chi connectivity index (χ2n) is 6.01. The summed E-state index contributed by atoms with van der Waals surface area (Å²) in [5, 5.41) is 3.39. The summed E-state index contributed by atoms with van der Waals surface area (Å²) in [5.74, 6) is 1.13. The fourth-order valence-corrected chi connectivity index (χ4v) is 5.54. The van der Waals surface area contributed by atoms with Crippen molar-refractivity contribution in [3.63, 3.8) is 0 Å². The standard InChI is InChI=1S/C15H23N3O2S/c1-2-15-14-10-16-9-12(14)11-18(15)21(19,20)8-6-13-5-3-4-7-17-13/h3-5,7,12,14-16H,2,6,8-11H2,1H3. The van der Waals surface area contributed by atoms with Crippen molar-refractivity contribution in [1.29, 1.82) is 0 Å². The maximum absolute atomic E-state index is 12.7. The highest BCUT2D eigenvalue weighted by Crippen LogP contribution is 2.36. The van der Waals surface area contributed by atoms with E-state index >= 15 is 0 Å². The van der Waals surface area contributed by atoms with Crippen molar-refractivity contribution >= 4 is 10.0 Å². The number of nitrogens with one attached hydrogen (secondary N) is 1. The topological polar surface area (TPSA) is 62.3 Å². The first kappa shape index (κ1) is 14.9. The molecular formula is C15H23N3O2S. The molecule has 0 spiro atoms. The van der Waals surface area contributed by atoms with E-state index < -0.39 is 10.0 Å². The Kier molecular flexibility index (Phi) is 4.28. The summed E-state index contributed by atoms with van der Waals surface area (Å²) < 4.78 is 27.1. The van der Waals surface area contributed by atoms with Crippen LogP contribution in [-0.2, 0) is 16.4 Å². The van der Waals surface area contributed by atoms with Crippen LogP contribution < -0.4 is 5.32 Å². The van der Waals surface area contributed by atoms with E-state index in [1.807, 2.05) is 18.2 Å². The zero-order valence-electron chi connectivity index (χ0n) is 12.4. The number of rotatable bonds is 5. The lowest BCUT2D eigenvalue weighted by Gasteiger charge is -2.26. The molecule has 21 heavy (non-hydrogen) atoms. The lowest BCUT2D eigenvalue weighted by atomic mass is 9.93. The predicted octanol–water partition coefficient (Wildman–Crippen LogP) is 0.884. The highest BCUT2D eigenvalue weighted by atomic mass is 32.2. The van der Waals surface area contributed by atoms with Crippen molar-refractivity contribution in [2.45, 2.75) is 25.8 Å². The molecule has 0 amide bonds. The molecule has 0 aromatic carbocycles. The minimum absolute atomic E-state index is 0.160. The Bertz CT molecular complexity index is 576. The maximum Gasteiger partial charge on any atom is 0.214 e. The summed E-state index contributed by atoms with van der Waals surface area (Å²) in [6, 6.07) is 5.80. The van der Waals surface area contributed by atoms with Gasteiger partial charge in [-0.2, -0.15) is 4.31 Å². The second-order valence-corrected chi connectivity index (χ2v) is 8.06. The number of sulfonamides is 1. The van der Waals surface area contributed by atoms with E-state index in [0.717, 1.165) is 25.2 Å². The molecule has 3 heterocycles. The van der Waals surface area contributed by atoms with Crippen LogP contribution in [0.25, 0.3) is 0 Å². The molecule has 2 saturated heterocycles. The number of fused-ring (bicyclic) bond motifs is 1. The second kappa shape index (κ2) is 6.02. The average Bonchev–Trinajstić information content (AvgIpc) is 3.07. The normalized spacial score (nSPS) is 29.7. The van der Waals surface area contributed by atoms with Gasteiger partial charge in [0.25, 0.3) is 0 Å². The van der Waals surface area contributed by atoms with Gasteiger partial charge in [0.05, 0.1) is 5.75 Å². The van der Waals surface area contributed by atoms with Crippen LogP contribution >= 0.6 is 0 Å². The number of pyridine rings is 1. The van der Waals surface area contributed by atoms with Crippen LogP contribution in [0.5, 0.6) is 0 Å². The SMILES string of the molecule is CCC1C2CNCC2CN1S(=O)(=O)CCc1ccccn1. The first-order valence-corrected chi connectivity index (χ1v) is 9.33. The summed E-state index contributed by atoms with van der Waals surface area (Å²) >= 11 is 0. The predicted molar refractivity (Wildman–Crippen MR) is 82.4 cm³/mol. The van der Waals surface area contributed by atoms with E-state index in [-0.39, 0.29) is 11.8 Å². The third-order valence-electron chi connectivity index (χ3n) is 4.79. The van der Waals surface area contributed by atoms with Crippen LogP contribution in [0.2, 0.25) is 0 Å². The third-order valence-corrected chi connectivity index (χ3v) is 6.64. The molecule has 2 fully saturated rings. The van der Waals surface area contributed by atoms with E-state index in [1.165, 1.54) is 0 Å². The van der Waals surface area contributed by atoms with Gasteiger partial charge in [0.15, 0.2) is 0 Å². The highest BCUT2D eigenvalue weighted by Gasteiger charge is 2.47. The molecule has 2 aliphatic heterocycles. The van der Waals surface area contributed by atoms with Gasteiger partial charge >= 0.3 is 0 Å². The Labute approximate surface area is 126 Å². The highest BCUT2D eigenvalue weighted by molar-refractivity contribution is 7.89. The molecule has 3 rings (SSSR count). The van der Waals surface area contributed by atoms with Gasteiger partial charge in [-0.05, 0) is 43.5 Å². The van der Waals surface area contributed by atoms with Crippen LogP contribution in [-0.4, -0.2) is 49.1 Å². The Morgan fingerprint density at radius 1 is 1.38 bits per heavy atom. The molecule has 0 bridgehead atoms. The number of nitrogens with zero attached hydrogens (tertiary/aromatic N) is 2. The van der Waals surface area contributed by atoms with Gasteiger partial charge in [-0.25, -0.2) is 8.42 Å². The van der Waals surface area contributed by atoms with E-state index in [1.54, 1.807) is 10.5 Å². The monoisotopic (exact) mass is 309 g/mol. The van der Waals surface area contributed by atoms with Crippen molar-refractivity contribution in [1.82, 2.24) is 14.6 Å². The molecule has 1 aromatic rings. The fourth-order valence-electron chi connectivity index (χ4n) is 3.71. The smallest absolute Gasteiger partial charge is 0.214 e. The molecule has 0 saturated carbocycles. The minimum Gasteiger partial charge on any atom is -0.316 e. The Morgan fingerprint density at radius 2 is 2.24 bits per heavy atom. The summed E-state index contributed by atoms with van der Waals surface area (Å²) in [4.78, 5) is 4.21. The number of hydrogen-bond donors (Lipinski definition) is 1. The third kappa shape index (κ3) is 2.98. The number of aryl methyl sites for hydroxylation is 1. The molecule has 3 atom stereocenters. The van der Waals surface area contributed by atoms with Crippen molar-refractivity contribution in [2.24, 2.45) is 11.8 Å². The maximum atomic E-state index is 12.7. The summed E-state index contributed by atoms with van der Waals surface area (Å²) in [7, 11) is -3.20. The Balaban J connectivity index is 1.70. The molecule has 0 aliphatic carbocycles. The van der Waals surface area contributed by atoms with Crippen LogP contribution in [0.3, 0.4) is 0 Å². The van der Waals surface area contributed by atoms with Crippen molar-refractivity contribution in [3.05, 3.63) is 30.1 Å². The zero-order valence-corrected chi connectivity index (χ0v) is 13.2. The van der Waals surface area contributed by atoms with E-state index in [2.05, 4.69) is 17.2 Å². The molecular weight excluding hydrogens is 286 g/mol. The van der Waals surface area contributed by atoms with Gasteiger partial charge in [0.2, 0.25) is 10.0 Å². The summed E-state index contributed by atoms with van der Waals surface area (Å²) in [6.45, 7) is 4.68. The summed E-state index contributed by atoms with van der Waals surface area (Å²) in [5.41, 5.74) is 0.843. The van der Waals surface area contributed by atoms with E-state index in [4.69, 9.17) is 0 Å². The average molecular weight is 309 g/mol. The van der Waals surface area contributed by atoms with Gasteiger partial charge in [-0.1, -0.05) is 13.0 Å². The zero-order chi connectivity index (χ0) is 14.9. The quantitative estimate of drug-likeness (QED) is 0.877. The molecule has 2 aliphatic rings. The van der Waals surface area contributed by atoms with Gasteiger partial charge < -0.3 is 5.32 Å². The van der Waals surface area contributed by atoms with Crippen molar-refractivity contribution < 1.29 is 8.42 Å². The lowest BCUT2D eigenvalue weighted by Crippen LogP contribution is -2.41. The first-order chi connectivity index (χ1) is 10.1.